The molecule has 2 rings (SSSR count). The maximum atomic E-state index is 5.55. The van der Waals surface area contributed by atoms with Gasteiger partial charge in [-0.3, -0.25) is 0 Å². The molecule has 0 unspecified atom stereocenters. The second kappa shape index (κ2) is 7.66. The minimum Gasteiger partial charge on any atom is -0.377 e. The van der Waals surface area contributed by atoms with Gasteiger partial charge in [-0.25, -0.2) is 0 Å². The van der Waals surface area contributed by atoms with Crippen molar-refractivity contribution in [3.8, 4) is 11.1 Å². The lowest BCUT2D eigenvalue weighted by atomic mass is 10.0. The second-order valence-corrected chi connectivity index (χ2v) is 4.87. The van der Waals surface area contributed by atoms with E-state index in [1.54, 1.807) is 0 Å². The van der Waals surface area contributed by atoms with E-state index in [4.69, 9.17) is 4.74 Å². The summed E-state index contributed by atoms with van der Waals surface area (Å²) in [5, 5.41) is 0. The minimum absolute atomic E-state index is 0.703. The van der Waals surface area contributed by atoms with Crippen molar-refractivity contribution in [2.24, 2.45) is 0 Å². The Bertz CT molecular complexity index is 535. The minimum atomic E-state index is 0.703. The molecule has 0 aromatic heterocycles. The first-order chi connectivity index (χ1) is 9.83. The van der Waals surface area contributed by atoms with E-state index in [2.05, 4.69) is 67.6 Å². The Morgan fingerprint density at radius 3 is 2.05 bits per heavy atom. The van der Waals surface area contributed by atoms with Crippen molar-refractivity contribution in [3.05, 3.63) is 65.7 Å². The van der Waals surface area contributed by atoms with Gasteiger partial charge in [-0.05, 0) is 35.6 Å². The Balaban J connectivity index is 2.05. The summed E-state index contributed by atoms with van der Waals surface area (Å²) in [5.74, 6) is 0. The van der Waals surface area contributed by atoms with Crippen LogP contribution in [0.5, 0.6) is 0 Å². The van der Waals surface area contributed by atoms with Crippen molar-refractivity contribution in [1.29, 1.82) is 0 Å². The largest absolute Gasteiger partial charge is 0.377 e. The van der Waals surface area contributed by atoms with Crippen molar-refractivity contribution in [3.63, 3.8) is 0 Å². The molecule has 104 valence electrons. The molecular weight excluding hydrogens is 244 g/mol. The normalized spacial score (nSPS) is 11.1. The first-order valence-corrected chi connectivity index (χ1v) is 7.23. The van der Waals surface area contributed by atoms with E-state index in [9.17, 15) is 0 Å². The molecule has 0 aliphatic rings. The summed E-state index contributed by atoms with van der Waals surface area (Å²) < 4.78 is 5.55. The lowest BCUT2D eigenvalue weighted by Gasteiger charge is -2.06. The molecule has 1 heteroatoms. The zero-order chi connectivity index (χ0) is 14.2. The Hall–Kier alpha value is -1.86. The summed E-state index contributed by atoms with van der Waals surface area (Å²) in [6, 6.07) is 17.2. The molecule has 0 saturated carbocycles. The van der Waals surface area contributed by atoms with Crippen LogP contribution in [-0.2, 0) is 11.3 Å². The predicted octanol–water partition coefficient (Wildman–Crippen LogP) is 5.31. The smallest absolute Gasteiger partial charge is 0.0716 e. The topological polar surface area (TPSA) is 9.23 Å². The third-order valence-electron chi connectivity index (χ3n) is 3.17. The lowest BCUT2D eigenvalue weighted by Crippen LogP contribution is -1.93. The van der Waals surface area contributed by atoms with Crippen LogP contribution in [0.1, 0.15) is 31.4 Å². The fourth-order valence-electron chi connectivity index (χ4n) is 2.11. The van der Waals surface area contributed by atoms with Crippen LogP contribution >= 0.6 is 0 Å². The summed E-state index contributed by atoms with van der Waals surface area (Å²) in [5.41, 5.74) is 4.96. The summed E-state index contributed by atoms with van der Waals surface area (Å²) >= 11 is 0. The Morgan fingerprint density at radius 2 is 1.50 bits per heavy atom. The lowest BCUT2D eigenvalue weighted by molar-refractivity contribution is 0.121. The number of benzene rings is 2. The Kier molecular flexibility index (Phi) is 5.57. The summed E-state index contributed by atoms with van der Waals surface area (Å²) in [7, 11) is 0. The van der Waals surface area contributed by atoms with Gasteiger partial charge >= 0.3 is 0 Å². The van der Waals surface area contributed by atoms with Gasteiger partial charge in [-0.1, -0.05) is 67.6 Å². The van der Waals surface area contributed by atoms with E-state index < -0.39 is 0 Å². The van der Waals surface area contributed by atoms with Crippen LogP contribution in [0.25, 0.3) is 17.2 Å². The van der Waals surface area contributed by atoms with Crippen molar-refractivity contribution >= 4 is 6.08 Å². The molecule has 0 aliphatic heterocycles. The first kappa shape index (κ1) is 14.5. The average molecular weight is 266 g/mol. The highest BCUT2D eigenvalue weighted by atomic mass is 16.5. The molecule has 0 spiro atoms. The summed E-state index contributed by atoms with van der Waals surface area (Å²) in [4.78, 5) is 0. The first-order valence-electron chi connectivity index (χ1n) is 7.23. The van der Waals surface area contributed by atoms with Gasteiger partial charge in [0.1, 0.15) is 0 Å². The predicted molar refractivity (Wildman–Crippen MR) is 86.5 cm³/mol. The third-order valence-corrected chi connectivity index (χ3v) is 3.17. The van der Waals surface area contributed by atoms with E-state index in [1.165, 1.54) is 22.3 Å². The van der Waals surface area contributed by atoms with Gasteiger partial charge < -0.3 is 4.74 Å². The third kappa shape index (κ3) is 4.07. The van der Waals surface area contributed by atoms with Gasteiger partial charge in [0.25, 0.3) is 0 Å². The number of allylic oxidation sites excluding steroid dienone is 1. The van der Waals surface area contributed by atoms with Crippen molar-refractivity contribution in [2.75, 3.05) is 6.61 Å². The molecule has 0 bridgehead atoms. The molecule has 0 amide bonds. The highest BCUT2D eigenvalue weighted by molar-refractivity contribution is 5.65. The van der Waals surface area contributed by atoms with Crippen LogP contribution in [0.15, 0.2) is 54.6 Å². The number of hydrogen-bond donors (Lipinski definition) is 0. The van der Waals surface area contributed by atoms with Gasteiger partial charge in [0.05, 0.1) is 6.61 Å². The quantitative estimate of drug-likeness (QED) is 0.643. The van der Waals surface area contributed by atoms with Gasteiger partial charge in [-0.15, -0.1) is 0 Å². The fraction of sp³-hybridized carbons (Fsp3) is 0.263. The molecule has 0 fully saturated rings. The zero-order valence-electron chi connectivity index (χ0n) is 12.3. The van der Waals surface area contributed by atoms with Gasteiger partial charge in [0, 0.05) is 6.61 Å². The molecule has 0 N–H and O–H groups in total. The van der Waals surface area contributed by atoms with Crippen LogP contribution in [0, 0.1) is 0 Å². The number of ether oxygens (including phenoxy) is 1. The fourth-order valence-corrected chi connectivity index (χ4v) is 2.11. The molecule has 0 radical (unpaired) electrons. The molecule has 0 saturated heterocycles. The van der Waals surface area contributed by atoms with Crippen molar-refractivity contribution in [1.82, 2.24) is 0 Å². The van der Waals surface area contributed by atoms with E-state index in [-0.39, 0.29) is 0 Å². The average Bonchev–Trinajstić information content (AvgIpc) is 2.49. The highest BCUT2D eigenvalue weighted by Gasteiger charge is 1.98. The molecule has 0 heterocycles. The standard InChI is InChI=1S/C19H22O/c1-3-5-16-6-10-18(11-7-16)19-12-8-17(9-13-19)15-20-14-4-2/h3,5-13H,4,14-15H2,1-2H3/b5-3-. The monoisotopic (exact) mass is 266 g/mol. The van der Waals surface area contributed by atoms with Crippen LogP contribution in [-0.4, -0.2) is 6.61 Å². The number of rotatable bonds is 6. The summed E-state index contributed by atoms with van der Waals surface area (Å²) in [6.45, 7) is 5.69. The molecule has 2 aromatic carbocycles. The zero-order valence-corrected chi connectivity index (χ0v) is 12.3. The van der Waals surface area contributed by atoms with E-state index >= 15 is 0 Å². The van der Waals surface area contributed by atoms with Gasteiger partial charge in [-0.2, -0.15) is 0 Å². The molecular formula is C19H22O. The summed E-state index contributed by atoms with van der Waals surface area (Å²) in [6.07, 6.45) is 5.23. The second-order valence-electron chi connectivity index (χ2n) is 4.87. The van der Waals surface area contributed by atoms with Gasteiger partial charge in [0.2, 0.25) is 0 Å². The van der Waals surface area contributed by atoms with Crippen LogP contribution < -0.4 is 0 Å². The highest BCUT2D eigenvalue weighted by Crippen LogP contribution is 2.21. The van der Waals surface area contributed by atoms with Crippen LogP contribution in [0.4, 0.5) is 0 Å². The van der Waals surface area contributed by atoms with E-state index in [0.717, 1.165) is 13.0 Å². The molecule has 1 nitrogen and oxygen atoms in total. The van der Waals surface area contributed by atoms with E-state index in [0.29, 0.717) is 6.61 Å². The van der Waals surface area contributed by atoms with Crippen molar-refractivity contribution < 1.29 is 4.74 Å². The van der Waals surface area contributed by atoms with Crippen LogP contribution in [0.3, 0.4) is 0 Å². The molecule has 0 aliphatic carbocycles. The van der Waals surface area contributed by atoms with Gasteiger partial charge in [0.15, 0.2) is 0 Å². The van der Waals surface area contributed by atoms with Crippen LogP contribution in [0.2, 0.25) is 0 Å². The number of hydrogen-bond acceptors (Lipinski definition) is 1. The maximum Gasteiger partial charge on any atom is 0.0716 e. The van der Waals surface area contributed by atoms with E-state index in [1.807, 2.05) is 6.92 Å². The molecule has 0 atom stereocenters. The maximum absolute atomic E-state index is 5.55. The van der Waals surface area contributed by atoms with Crippen molar-refractivity contribution in [2.45, 2.75) is 26.9 Å². The molecule has 2 aromatic rings. The Labute approximate surface area is 121 Å². The molecule has 20 heavy (non-hydrogen) atoms. The SMILES string of the molecule is C/C=C\c1ccc(-c2ccc(COCCC)cc2)cc1. The Morgan fingerprint density at radius 1 is 0.900 bits per heavy atom.